The third-order valence-electron chi connectivity index (χ3n) is 3.08. The first kappa shape index (κ1) is 20.6. The van der Waals surface area contributed by atoms with Crippen LogP contribution in [-0.4, -0.2) is 24.2 Å². The monoisotopic (exact) mass is 393 g/mol. The standard InChI is InChI=1S/C15H17Cl2N3O3.ClH/c1-9(6-18)7-19-15(21)13-5-10(23-20-13)8-22-14-11(16)3-2-4-12(14)17;/h2-5,9H,6-8,18H2,1H3,(H,19,21);1H. The lowest BCUT2D eigenvalue weighted by atomic mass is 10.2. The Kier molecular flexibility index (Phi) is 8.35. The van der Waals surface area contributed by atoms with Crippen LogP contribution in [0.2, 0.25) is 10.0 Å². The molecule has 0 saturated heterocycles. The van der Waals surface area contributed by atoms with Gasteiger partial charge in [0.05, 0.1) is 10.0 Å². The van der Waals surface area contributed by atoms with E-state index < -0.39 is 0 Å². The summed E-state index contributed by atoms with van der Waals surface area (Å²) in [6.45, 7) is 2.97. The van der Waals surface area contributed by atoms with Crippen LogP contribution in [0.15, 0.2) is 28.8 Å². The van der Waals surface area contributed by atoms with E-state index in [2.05, 4.69) is 10.5 Å². The molecule has 2 rings (SSSR count). The molecule has 0 saturated carbocycles. The highest BCUT2D eigenvalue weighted by Gasteiger charge is 2.14. The van der Waals surface area contributed by atoms with Crippen molar-refractivity contribution in [3.8, 4) is 5.75 Å². The predicted molar refractivity (Wildman–Crippen MR) is 95.1 cm³/mol. The summed E-state index contributed by atoms with van der Waals surface area (Å²) in [7, 11) is 0. The van der Waals surface area contributed by atoms with Gasteiger partial charge in [-0.2, -0.15) is 0 Å². The van der Waals surface area contributed by atoms with E-state index in [1.807, 2.05) is 6.92 Å². The lowest BCUT2D eigenvalue weighted by Gasteiger charge is -2.08. The van der Waals surface area contributed by atoms with E-state index in [0.29, 0.717) is 34.6 Å². The van der Waals surface area contributed by atoms with Crippen molar-refractivity contribution in [3.63, 3.8) is 0 Å². The van der Waals surface area contributed by atoms with Crippen molar-refractivity contribution in [2.45, 2.75) is 13.5 Å². The Bertz CT molecular complexity index is 659. The summed E-state index contributed by atoms with van der Waals surface area (Å²) in [6, 6.07) is 6.56. The number of hydrogen-bond acceptors (Lipinski definition) is 5. The minimum absolute atomic E-state index is 0. The molecule has 9 heteroatoms. The summed E-state index contributed by atoms with van der Waals surface area (Å²) in [6.07, 6.45) is 0. The van der Waals surface area contributed by atoms with Crippen LogP contribution in [0.4, 0.5) is 0 Å². The molecule has 1 heterocycles. The van der Waals surface area contributed by atoms with Crippen LogP contribution < -0.4 is 15.8 Å². The van der Waals surface area contributed by atoms with E-state index in [-0.39, 0.29) is 36.5 Å². The number of nitrogens with zero attached hydrogens (tertiary/aromatic N) is 1. The number of carbonyl (C=O) groups excluding carboxylic acids is 1. The molecule has 0 bridgehead atoms. The average Bonchev–Trinajstić information content (AvgIpc) is 3.00. The average molecular weight is 395 g/mol. The highest BCUT2D eigenvalue weighted by molar-refractivity contribution is 6.37. The number of halogens is 3. The number of hydrogen-bond donors (Lipinski definition) is 2. The lowest BCUT2D eigenvalue weighted by molar-refractivity contribution is 0.0939. The van der Waals surface area contributed by atoms with Gasteiger partial charge in [-0.15, -0.1) is 12.4 Å². The second-order valence-corrected chi connectivity index (χ2v) is 5.88. The van der Waals surface area contributed by atoms with Gasteiger partial charge in [0.25, 0.3) is 5.91 Å². The minimum Gasteiger partial charge on any atom is -0.482 e. The summed E-state index contributed by atoms with van der Waals surface area (Å²) in [5.74, 6) is 0.611. The Balaban J connectivity index is 0.00000288. The Morgan fingerprint density at radius 1 is 1.42 bits per heavy atom. The molecule has 2 aromatic rings. The van der Waals surface area contributed by atoms with Crippen molar-refractivity contribution in [2.75, 3.05) is 13.1 Å². The van der Waals surface area contributed by atoms with Gasteiger partial charge in [0.15, 0.2) is 17.2 Å². The molecule has 1 aromatic carbocycles. The van der Waals surface area contributed by atoms with Gasteiger partial charge in [-0.25, -0.2) is 0 Å². The first-order valence-electron chi connectivity index (χ1n) is 7.02. The van der Waals surface area contributed by atoms with Crippen molar-refractivity contribution in [2.24, 2.45) is 11.7 Å². The molecule has 0 aliphatic heterocycles. The van der Waals surface area contributed by atoms with Crippen LogP contribution in [-0.2, 0) is 6.61 Å². The van der Waals surface area contributed by atoms with Crippen LogP contribution in [0.3, 0.4) is 0 Å². The third-order valence-corrected chi connectivity index (χ3v) is 3.68. The van der Waals surface area contributed by atoms with E-state index in [1.165, 1.54) is 6.07 Å². The molecule has 1 aromatic heterocycles. The summed E-state index contributed by atoms with van der Waals surface area (Å²) >= 11 is 12.0. The number of amides is 1. The zero-order valence-corrected chi connectivity index (χ0v) is 15.2. The van der Waals surface area contributed by atoms with Gasteiger partial charge in [-0.3, -0.25) is 4.79 Å². The van der Waals surface area contributed by atoms with Gasteiger partial charge in [0.1, 0.15) is 6.61 Å². The largest absolute Gasteiger partial charge is 0.482 e. The smallest absolute Gasteiger partial charge is 0.273 e. The maximum atomic E-state index is 11.9. The molecule has 1 amide bonds. The van der Waals surface area contributed by atoms with Gasteiger partial charge in [0.2, 0.25) is 0 Å². The Hall–Kier alpha value is -1.47. The van der Waals surface area contributed by atoms with Gasteiger partial charge < -0.3 is 20.3 Å². The van der Waals surface area contributed by atoms with E-state index in [9.17, 15) is 4.79 Å². The minimum atomic E-state index is -0.323. The number of ether oxygens (including phenoxy) is 1. The third kappa shape index (κ3) is 5.56. The number of nitrogens with two attached hydrogens (primary N) is 1. The van der Waals surface area contributed by atoms with Crippen LogP contribution in [0.1, 0.15) is 23.2 Å². The Morgan fingerprint density at radius 3 is 2.71 bits per heavy atom. The molecule has 1 unspecified atom stereocenters. The Labute approximate surface area is 156 Å². The van der Waals surface area contributed by atoms with Crippen molar-refractivity contribution in [3.05, 3.63) is 45.8 Å². The van der Waals surface area contributed by atoms with Crippen molar-refractivity contribution < 1.29 is 14.1 Å². The molecule has 0 spiro atoms. The molecule has 6 nitrogen and oxygen atoms in total. The molecular weight excluding hydrogens is 377 g/mol. The Morgan fingerprint density at radius 2 is 2.08 bits per heavy atom. The van der Waals surface area contributed by atoms with Gasteiger partial charge in [-0.05, 0) is 24.6 Å². The number of aromatic nitrogens is 1. The molecule has 0 radical (unpaired) electrons. The van der Waals surface area contributed by atoms with Crippen LogP contribution >= 0.6 is 35.6 Å². The predicted octanol–water partition coefficient (Wildman–Crippen LogP) is 3.31. The maximum Gasteiger partial charge on any atom is 0.273 e. The zero-order chi connectivity index (χ0) is 16.8. The van der Waals surface area contributed by atoms with Crippen LogP contribution in [0.25, 0.3) is 0 Å². The van der Waals surface area contributed by atoms with Gasteiger partial charge >= 0.3 is 0 Å². The number of nitrogens with one attached hydrogen (secondary N) is 1. The fourth-order valence-electron chi connectivity index (χ4n) is 1.69. The summed E-state index contributed by atoms with van der Waals surface area (Å²) in [5, 5.41) is 7.23. The zero-order valence-electron chi connectivity index (χ0n) is 12.9. The van der Waals surface area contributed by atoms with Crippen molar-refractivity contribution >= 4 is 41.5 Å². The number of para-hydroxylation sites is 1. The first-order chi connectivity index (χ1) is 11.0. The molecule has 0 aliphatic rings. The molecule has 0 fully saturated rings. The molecule has 0 aliphatic carbocycles. The molecule has 132 valence electrons. The highest BCUT2D eigenvalue weighted by Crippen LogP contribution is 2.32. The maximum absolute atomic E-state index is 11.9. The molecule has 24 heavy (non-hydrogen) atoms. The second-order valence-electron chi connectivity index (χ2n) is 5.07. The van der Waals surface area contributed by atoms with E-state index >= 15 is 0 Å². The quantitative estimate of drug-likeness (QED) is 0.752. The van der Waals surface area contributed by atoms with E-state index in [4.69, 9.17) is 38.2 Å². The molecule has 1 atom stereocenters. The lowest BCUT2D eigenvalue weighted by Crippen LogP contribution is -2.31. The molecule has 3 N–H and O–H groups in total. The van der Waals surface area contributed by atoms with Crippen LogP contribution in [0, 0.1) is 5.92 Å². The second kappa shape index (κ2) is 9.74. The normalized spacial score (nSPS) is 11.5. The summed E-state index contributed by atoms with van der Waals surface area (Å²) in [5.41, 5.74) is 5.68. The first-order valence-corrected chi connectivity index (χ1v) is 7.77. The van der Waals surface area contributed by atoms with E-state index in [1.54, 1.807) is 18.2 Å². The van der Waals surface area contributed by atoms with Gasteiger partial charge in [-0.1, -0.05) is 41.3 Å². The topological polar surface area (TPSA) is 90.4 Å². The fraction of sp³-hybridized carbons (Fsp3) is 0.333. The fourth-order valence-corrected chi connectivity index (χ4v) is 2.20. The summed E-state index contributed by atoms with van der Waals surface area (Å²) in [4.78, 5) is 11.9. The van der Waals surface area contributed by atoms with Crippen molar-refractivity contribution in [1.82, 2.24) is 10.5 Å². The molecular formula is C15H18Cl3N3O3. The van der Waals surface area contributed by atoms with Crippen molar-refractivity contribution in [1.29, 1.82) is 0 Å². The van der Waals surface area contributed by atoms with Gasteiger partial charge in [0, 0.05) is 12.6 Å². The number of rotatable bonds is 7. The van der Waals surface area contributed by atoms with E-state index in [0.717, 1.165) is 0 Å². The summed E-state index contributed by atoms with van der Waals surface area (Å²) < 4.78 is 10.6. The number of benzene rings is 1. The highest BCUT2D eigenvalue weighted by atomic mass is 35.5. The SMILES string of the molecule is CC(CN)CNC(=O)c1cc(COc2c(Cl)cccc2Cl)on1.Cl. The number of carbonyl (C=O) groups is 1. The van der Waals surface area contributed by atoms with Crippen LogP contribution in [0.5, 0.6) is 5.75 Å².